The molecule has 0 bridgehead atoms. The molecule has 2 aromatic rings. The van der Waals surface area contributed by atoms with Crippen molar-refractivity contribution in [2.75, 3.05) is 5.73 Å². The Balaban J connectivity index is 2.66. The van der Waals surface area contributed by atoms with Crippen molar-refractivity contribution in [3.05, 3.63) is 41.9 Å². The fourth-order valence-corrected chi connectivity index (χ4v) is 1.73. The summed E-state index contributed by atoms with van der Waals surface area (Å²) in [5.41, 5.74) is 8.12. The minimum atomic E-state index is -0.0850. The number of aromatic nitrogens is 2. The van der Waals surface area contributed by atoms with E-state index in [4.69, 9.17) is 5.73 Å². The summed E-state index contributed by atoms with van der Waals surface area (Å²) in [7, 11) is 0. The van der Waals surface area contributed by atoms with Crippen molar-refractivity contribution in [2.24, 2.45) is 0 Å². The Bertz CT molecular complexity index is 543. The van der Waals surface area contributed by atoms with E-state index in [1.54, 1.807) is 10.9 Å². The van der Waals surface area contributed by atoms with Gasteiger partial charge in [0.15, 0.2) is 11.6 Å². The van der Waals surface area contributed by atoms with Crippen LogP contribution in [0.3, 0.4) is 0 Å². The van der Waals surface area contributed by atoms with Crippen LogP contribution in [0.15, 0.2) is 30.6 Å². The molecule has 0 aliphatic heterocycles. The fourth-order valence-electron chi connectivity index (χ4n) is 1.73. The molecule has 4 heteroatoms. The maximum atomic E-state index is 11.5. The Morgan fingerprint density at radius 2 is 2.06 bits per heavy atom. The summed E-state index contributed by atoms with van der Waals surface area (Å²) < 4.78 is 1.73. The van der Waals surface area contributed by atoms with E-state index in [1.165, 1.54) is 6.92 Å². The molecule has 0 amide bonds. The topological polar surface area (TPSA) is 60.9 Å². The molecule has 82 valence electrons. The molecule has 1 aromatic heterocycles. The Morgan fingerprint density at radius 3 is 2.69 bits per heavy atom. The van der Waals surface area contributed by atoms with Gasteiger partial charge >= 0.3 is 0 Å². The summed E-state index contributed by atoms with van der Waals surface area (Å²) in [6, 6.07) is 7.79. The molecule has 4 nitrogen and oxygen atoms in total. The van der Waals surface area contributed by atoms with Gasteiger partial charge in [-0.2, -0.15) is 0 Å². The average Bonchev–Trinajstić information content (AvgIpc) is 2.61. The molecule has 2 rings (SSSR count). The van der Waals surface area contributed by atoms with Crippen molar-refractivity contribution in [3.63, 3.8) is 0 Å². The minimum absolute atomic E-state index is 0.0850. The van der Waals surface area contributed by atoms with Gasteiger partial charge in [-0.25, -0.2) is 4.98 Å². The largest absolute Gasteiger partial charge is 0.382 e. The number of imidazole rings is 1. The molecular formula is C12H13N3O. The number of Topliss-reactive ketones (excluding diaryl/α,β-unsaturated/α-hetero) is 1. The lowest BCUT2D eigenvalue weighted by atomic mass is 10.2. The lowest BCUT2D eigenvalue weighted by Gasteiger charge is -2.09. The molecule has 0 aliphatic rings. The van der Waals surface area contributed by atoms with Crippen molar-refractivity contribution in [2.45, 2.75) is 13.8 Å². The van der Waals surface area contributed by atoms with Crippen molar-refractivity contribution >= 4 is 11.6 Å². The standard InChI is InChI=1S/C12H13N3O/c1-8-5-3-4-6-10(8)15-7-14-12(13)11(15)9(2)16/h3-7H,13H2,1-2H3. The molecule has 0 spiro atoms. The first-order valence-corrected chi connectivity index (χ1v) is 5.01. The fraction of sp³-hybridized carbons (Fsp3) is 0.167. The van der Waals surface area contributed by atoms with Crippen molar-refractivity contribution in [1.29, 1.82) is 0 Å². The van der Waals surface area contributed by atoms with E-state index >= 15 is 0 Å². The second-order valence-electron chi connectivity index (χ2n) is 3.69. The number of hydrogen-bond acceptors (Lipinski definition) is 3. The maximum absolute atomic E-state index is 11.5. The van der Waals surface area contributed by atoms with E-state index in [-0.39, 0.29) is 11.6 Å². The van der Waals surface area contributed by atoms with Crippen molar-refractivity contribution in [3.8, 4) is 5.69 Å². The number of carbonyl (C=O) groups is 1. The number of aryl methyl sites for hydroxylation is 1. The molecule has 0 aliphatic carbocycles. The smallest absolute Gasteiger partial charge is 0.180 e. The molecule has 0 saturated heterocycles. The third kappa shape index (κ3) is 1.58. The zero-order valence-electron chi connectivity index (χ0n) is 9.27. The summed E-state index contributed by atoms with van der Waals surface area (Å²) in [5.74, 6) is 0.189. The van der Waals surface area contributed by atoms with Crippen LogP contribution < -0.4 is 5.73 Å². The van der Waals surface area contributed by atoms with E-state index in [0.717, 1.165) is 11.3 Å². The van der Waals surface area contributed by atoms with E-state index in [0.29, 0.717) is 5.69 Å². The molecule has 0 fully saturated rings. The zero-order chi connectivity index (χ0) is 11.7. The molecule has 16 heavy (non-hydrogen) atoms. The van der Waals surface area contributed by atoms with E-state index in [2.05, 4.69) is 4.98 Å². The molecular weight excluding hydrogens is 202 g/mol. The summed E-state index contributed by atoms with van der Waals surface area (Å²) in [5, 5.41) is 0. The number of nitrogen functional groups attached to an aromatic ring is 1. The number of para-hydroxylation sites is 1. The van der Waals surface area contributed by atoms with E-state index in [1.807, 2.05) is 31.2 Å². The predicted octanol–water partition coefficient (Wildman–Crippen LogP) is 1.97. The SMILES string of the molecule is CC(=O)c1c(N)ncn1-c1ccccc1C. The molecule has 1 aromatic carbocycles. The number of rotatable bonds is 2. The first-order valence-electron chi connectivity index (χ1n) is 5.01. The Labute approximate surface area is 93.7 Å². The van der Waals surface area contributed by atoms with Gasteiger partial charge in [0.1, 0.15) is 12.0 Å². The normalized spacial score (nSPS) is 10.4. The summed E-state index contributed by atoms with van der Waals surface area (Å²) in [4.78, 5) is 15.5. The van der Waals surface area contributed by atoms with Gasteiger partial charge in [0, 0.05) is 6.92 Å². The zero-order valence-corrected chi connectivity index (χ0v) is 9.27. The van der Waals surface area contributed by atoms with Gasteiger partial charge < -0.3 is 5.73 Å². The summed E-state index contributed by atoms with van der Waals surface area (Å²) in [6.45, 7) is 3.47. The average molecular weight is 215 g/mol. The van der Waals surface area contributed by atoms with Crippen LogP contribution in [-0.2, 0) is 0 Å². The highest BCUT2D eigenvalue weighted by Gasteiger charge is 2.14. The highest BCUT2D eigenvalue weighted by molar-refractivity contribution is 5.97. The van der Waals surface area contributed by atoms with Crippen LogP contribution in [-0.4, -0.2) is 15.3 Å². The number of hydrogen-bond donors (Lipinski definition) is 1. The van der Waals surface area contributed by atoms with Crippen LogP contribution >= 0.6 is 0 Å². The van der Waals surface area contributed by atoms with Crippen LogP contribution in [0.4, 0.5) is 5.82 Å². The number of anilines is 1. The summed E-state index contributed by atoms with van der Waals surface area (Å²) >= 11 is 0. The second-order valence-corrected chi connectivity index (χ2v) is 3.69. The maximum Gasteiger partial charge on any atom is 0.180 e. The third-order valence-electron chi connectivity index (χ3n) is 2.50. The quantitative estimate of drug-likeness (QED) is 0.779. The number of nitrogens with two attached hydrogens (primary N) is 1. The Kier molecular flexibility index (Phi) is 2.48. The minimum Gasteiger partial charge on any atom is -0.382 e. The third-order valence-corrected chi connectivity index (χ3v) is 2.50. The van der Waals surface area contributed by atoms with Gasteiger partial charge in [-0.1, -0.05) is 18.2 Å². The molecule has 0 saturated carbocycles. The highest BCUT2D eigenvalue weighted by Crippen LogP contribution is 2.19. The lowest BCUT2D eigenvalue weighted by Crippen LogP contribution is -2.07. The Hall–Kier alpha value is -2.10. The van der Waals surface area contributed by atoms with Crippen molar-refractivity contribution in [1.82, 2.24) is 9.55 Å². The summed E-state index contributed by atoms with van der Waals surface area (Å²) in [6.07, 6.45) is 1.58. The second kappa shape index (κ2) is 3.81. The van der Waals surface area contributed by atoms with Crippen molar-refractivity contribution < 1.29 is 4.79 Å². The van der Waals surface area contributed by atoms with Crippen LogP contribution in [0.1, 0.15) is 23.0 Å². The van der Waals surface area contributed by atoms with Gasteiger partial charge in [-0.15, -0.1) is 0 Å². The lowest BCUT2D eigenvalue weighted by molar-refractivity contribution is 0.101. The van der Waals surface area contributed by atoms with Gasteiger partial charge in [0.25, 0.3) is 0 Å². The van der Waals surface area contributed by atoms with Crippen LogP contribution in [0.5, 0.6) is 0 Å². The molecule has 0 unspecified atom stereocenters. The Morgan fingerprint density at radius 1 is 1.38 bits per heavy atom. The molecule has 2 N–H and O–H groups in total. The van der Waals surface area contributed by atoms with Gasteiger partial charge in [-0.05, 0) is 18.6 Å². The molecule has 0 atom stereocenters. The monoisotopic (exact) mass is 215 g/mol. The van der Waals surface area contributed by atoms with E-state index in [9.17, 15) is 4.79 Å². The first-order chi connectivity index (χ1) is 7.61. The molecule has 0 radical (unpaired) electrons. The van der Waals surface area contributed by atoms with Crippen LogP contribution in [0.2, 0.25) is 0 Å². The molecule has 1 heterocycles. The van der Waals surface area contributed by atoms with Crippen LogP contribution in [0, 0.1) is 6.92 Å². The number of ketones is 1. The highest BCUT2D eigenvalue weighted by atomic mass is 16.1. The first kappa shape index (κ1) is 10.4. The number of benzene rings is 1. The van der Waals surface area contributed by atoms with Crippen LogP contribution in [0.25, 0.3) is 5.69 Å². The predicted molar refractivity (Wildman–Crippen MR) is 62.7 cm³/mol. The number of nitrogens with zero attached hydrogens (tertiary/aromatic N) is 2. The van der Waals surface area contributed by atoms with E-state index < -0.39 is 0 Å². The van der Waals surface area contributed by atoms with Gasteiger partial charge in [0.05, 0.1) is 5.69 Å². The number of carbonyl (C=O) groups excluding carboxylic acids is 1. The van der Waals surface area contributed by atoms with Gasteiger partial charge in [0.2, 0.25) is 0 Å². The van der Waals surface area contributed by atoms with Gasteiger partial charge in [-0.3, -0.25) is 9.36 Å².